The first-order valence-corrected chi connectivity index (χ1v) is 14.1. The SMILES string of the molecule is BN[C@@H](C(=C)C)C(=O)N1C[C@H](Oc2cc(-c3ccccc3)nc3cc(OC)ccc23)C[C@H]1C(=O)N[C@]1(C(=O)O)CC1C=C. The Kier molecular flexibility index (Phi) is 8.28. The topological polar surface area (TPSA) is 130 Å². The Labute approximate surface area is 251 Å². The van der Waals surface area contributed by atoms with Gasteiger partial charge in [-0.2, -0.15) is 0 Å². The molecule has 222 valence electrons. The van der Waals surface area contributed by atoms with Gasteiger partial charge in [0.25, 0.3) is 0 Å². The number of rotatable bonds is 11. The number of likely N-dealkylation sites (tertiary alicyclic amines) is 1. The molecule has 2 fully saturated rings. The molecule has 1 saturated carbocycles. The summed E-state index contributed by atoms with van der Waals surface area (Å²) in [5.41, 5.74) is 1.43. The van der Waals surface area contributed by atoms with Crippen LogP contribution in [-0.2, 0) is 14.4 Å². The summed E-state index contributed by atoms with van der Waals surface area (Å²) >= 11 is 0. The number of benzene rings is 2. The van der Waals surface area contributed by atoms with Crippen LogP contribution in [-0.4, -0.2) is 78.1 Å². The van der Waals surface area contributed by atoms with Crippen LogP contribution in [0, 0.1) is 5.92 Å². The number of fused-ring (bicyclic) bond motifs is 1. The molecule has 5 atom stereocenters. The lowest BCUT2D eigenvalue weighted by molar-refractivity contribution is -0.145. The zero-order valence-electron chi connectivity index (χ0n) is 24.5. The summed E-state index contributed by atoms with van der Waals surface area (Å²) in [6.45, 7) is 9.48. The van der Waals surface area contributed by atoms with Crippen LogP contribution in [0.4, 0.5) is 0 Å². The van der Waals surface area contributed by atoms with Crippen LogP contribution in [0.25, 0.3) is 22.2 Å². The number of aromatic nitrogens is 1. The molecule has 1 aliphatic carbocycles. The van der Waals surface area contributed by atoms with Crippen LogP contribution in [0.15, 0.2) is 79.4 Å². The van der Waals surface area contributed by atoms with Gasteiger partial charge < -0.3 is 30.0 Å². The van der Waals surface area contributed by atoms with E-state index in [1.165, 1.54) is 11.0 Å². The highest BCUT2D eigenvalue weighted by atomic mass is 16.5. The van der Waals surface area contributed by atoms with E-state index in [0.29, 0.717) is 28.3 Å². The van der Waals surface area contributed by atoms with E-state index in [4.69, 9.17) is 14.5 Å². The second kappa shape index (κ2) is 11.9. The summed E-state index contributed by atoms with van der Waals surface area (Å²) in [5.74, 6) is -1.20. The zero-order valence-corrected chi connectivity index (χ0v) is 24.5. The van der Waals surface area contributed by atoms with Crippen molar-refractivity contribution in [3.63, 3.8) is 0 Å². The Hall–Kier alpha value is -4.64. The van der Waals surface area contributed by atoms with E-state index in [1.54, 1.807) is 22.0 Å². The van der Waals surface area contributed by atoms with Gasteiger partial charge in [0.2, 0.25) is 11.8 Å². The molecule has 2 aliphatic rings. The van der Waals surface area contributed by atoms with Crippen LogP contribution < -0.4 is 20.0 Å². The van der Waals surface area contributed by atoms with E-state index in [2.05, 4.69) is 23.7 Å². The number of hydrogen-bond acceptors (Lipinski definition) is 7. The monoisotopic (exact) mass is 582 g/mol. The molecule has 1 saturated heterocycles. The molecule has 2 amide bonds. The maximum Gasteiger partial charge on any atom is 0.330 e. The van der Waals surface area contributed by atoms with Crippen LogP contribution >= 0.6 is 0 Å². The first-order valence-electron chi connectivity index (χ1n) is 14.1. The van der Waals surface area contributed by atoms with Crippen LogP contribution in [0.2, 0.25) is 0 Å². The van der Waals surface area contributed by atoms with Gasteiger partial charge in [0.05, 0.1) is 30.9 Å². The van der Waals surface area contributed by atoms with Gasteiger partial charge in [-0.1, -0.05) is 48.6 Å². The molecule has 0 bridgehead atoms. The highest BCUT2D eigenvalue weighted by Gasteiger charge is 2.61. The van der Waals surface area contributed by atoms with Crippen molar-refractivity contribution in [1.29, 1.82) is 0 Å². The molecule has 1 aromatic heterocycles. The van der Waals surface area contributed by atoms with Gasteiger partial charge in [0, 0.05) is 35.4 Å². The van der Waals surface area contributed by atoms with E-state index in [0.717, 1.165) is 10.9 Å². The number of nitrogens with zero attached hydrogens (tertiary/aromatic N) is 2. The fourth-order valence-corrected chi connectivity index (χ4v) is 5.78. The van der Waals surface area contributed by atoms with Crippen molar-refractivity contribution in [1.82, 2.24) is 20.4 Å². The molecule has 1 aliphatic heterocycles. The summed E-state index contributed by atoms with van der Waals surface area (Å²) in [6.07, 6.45) is 1.38. The van der Waals surface area contributed by atoms with Gasteiger partial charge in [0.1, 0.15) is 29.2 Å². The number of carbonyl (C=O) groups excluding carboxylic acids is 2. The molecular weight excluding hydrogens is 547 g/mol. The molecule has 3 N–H and O–H groups in total. The lowest BCUT2D eigenvalue weighted by Gasteiger charge is -2.29. The maximum absolute atomic E-state index is 13.7. The minimum Gasteiger partial charge on any atom is -0.497 e. The Morgan fingerprint density at radius 1 is 1.21 bits per heavy atom. The quantitative estimate of drug-likeness (QED) is 0.232. The van der Waals surface area contributed by atoms with E-state index in [-0.39, 0.29) is 31.2 Å². The number of hydrogen-bond donors (Lipinski definition) is 3. The van der Waals surface area contributed by atoms with Crippen molar-refractivity contribution in [2.45, 2.75) is 43.5 Å². The number of aliphatic carboxylic acids is 1. The summed E-state index contributed by atoms with van der Waals surface area (Å²) < 4.78 is 12.0. The lowest BCUT2D eigenvalue weighted by Crippen LogP contribution is -2.55. The van der Waals surface area contributed by atoms with Crippen molar-refractivity contribution in [2.24, 2.45) is 5.92 Å². The Bertz CT molecular complexity index is 1600. The van der Waals surface area contributed by atoms with E-state index < -0.39 is 35.6 Å². The number of pyridine rings is 1. The molecule has 0 spiro atoms. The van der Waals surface area contributed by atoms with Crippen LogP contribution in [0.3, 0.4) is 0 Å². The summed E-state index contributed by atoms with van der Waals surface area (Å²) in [6, 6.07) is 15.4. The molecule has 1 unspecified atom stereocenters. The Balaban J connectivity index is 1.49. The van der Waals surface area contributed by atoms with Gasteiger partial charge >= 0.3 is 5.97 Å². The molecule has 3 aromatic rings. The highest BCUT2D eigenvalue weighted by molar-refractivity contribution is 6.07. The van der Waals surface area contributed by atoms with E-state index in [1.807, 2.05) is 54.6 Å². The third-order valence-electron chi connectivity index (χ3n) is 8.25. The van der Waals surface area contributed by atoms with Crippen LogP contribution in [0.1, 0.15) is 19.8 Å². The predicted molar refractivity (Wildman–Crippen MR) is 165 cm³/mol. The predicted octanol–water partition coefficient (Wildman–Crippen LogP) is 2.49. The third kappa shape index (κ3) is 5.72. The number of methoxy groups -OCH3 is 1. The molecule has 2 aromatic carbocycles. The minimum atomic E-state index is -1.42. The first kappa shape index (κ1) is 29.8. The number of ether oxygens (including phenoxy) is 2. The normalized spacial score (nSPS) is 23.3. The molecule has 0 radical (unpaired) electrons. The molecule has 10 nitrogen and oxygen atoms in total. The number of nitrogens with one attached hydrogen (secondary N) is 2. The molecule has 43 heavy (non-hydrogen) atoms. The Morgan fingerprint density at radius 3 is 2.56 bits per heavy atom. The average Bonchev–Trinajstić information content (AvgIpc) is 3.56. The van der Waals surface area contributed by atoms with E-state index >= 15 is 0 Å². The molecular formula is C32H35BN4O6. The molecule has 2 heterocycles. The molecule has 11 heteroatoms. The highest BCUT2D eigenvalue weighted by Crippen LogP contribution is 2.45. The summed E-state index contributed by atoms with van der Waals surface area (Å²) in [4.78, 5) is 45.7. The van der Waals surface area contributed by atoms with Crippen molar-refractivity contribution < 1.29 is 29.0 Å². The van der Waals surface area contributed by atoms with Gasteiger partial charge in [-0.05, 0) is 25.5 Å². The van der Waals surface area contributed by atoms with Gasteiger partial charge in [-0.15, -0.1) is 6.58 Å². The fraction of sp³-hybridized carbons (Fsp3) is 0.312. The van der Waals surface area contributed by atoms with Crippen molar-refractivity contribution >= 4 is 36.7 Å². The summed E-state index contributed by atoms with van der Waals surface area (Å²) in [7, 11) is 3.24. The van der Waals surface area contributed by atoms with Gasteiger partial charge in [0.15, 0.2) is 7.98 Å². The van der Waals surface area contributed by atoms with Crippen molar-refractivity contribution in [3.8, 4) is 22.8 Å². The van der Waals surface area contributed by atoms with Gasteiger partial charge in [-0.25, -0.2) is 9.78 Å². The average molecular weight is 582 g/mol. The maximum atomic E-state index is 13.7. The Morgan fingerprint density at radius 2 is 1.95 bits per heavy atom. The van der Waals surface area contributed by atoms with Crippen molar-refractivity contribution in [2.75, 3.05) is 13.7 Å². The number of carbonyl (C=O) groups is 3. The zero-order chi connectivity index (χ0) is 30.9. The second-order valence-electron chi connectivity index (χ2n) is 11.1. The molecule has 5 rings (SSSR count). The second-order valence-corrected chi connectivity index (χ2v) is 11.1. The smallest absolute Gasteiger partial charge is 0.330 e. The summed E-state index contributed by atoms with van der Waals surface area (Å²) in [5, 5.41) is 16.3. The largest absolute Gasteiger partial charge is 0.497 e. The standard InChI is InChI=1S/C32H35BN4O6/c1-5-20-16-32(20,31(40)41)35-29(38)26-14-22(17-37(26)30(39)28(36-33)18(2)3)43-27-15-24(19-9-7-6-8-10-19)34-25-13-21(42-4)11-12-23(25)27/h5-13,15,20,22,26,28,36H,1-2,14,16-17,33H2,3-4H3,(H,35,38)(H,40,41)/t20?,22-,26+,28+,32-/m1/s1. The van der Waals surface area contributed by atoms with E-state index in [9.17, 15) is 19.5 Å². The van der Waals surface area contributed by atoms with Crippen molar-refractivity contribution in [3.05, 3.63) is 79.4 Å². The number of carboxylic acids is 1. The number of amides is 2. The lowest BCUT2D eigenvalue weighted by atomic mass is 10.1. The first-order chi connectivity index (χ1) is 20.6. The number of carboxylic acid groups (broad SMARTS) is 1. The fourth-order valence-electron chi connectivity index (χ4n) is 5.78. The van der Waals surface area contributed by atoms with Crippen LogP contribution in [0.5, 0.6) is 11.5 Å². The van der Waals surface area contributed by atoms with Gasteiger partial charge in [-0.3, -0.25) is 9.59 Å². The third-order valence-corrected chi connectivity index (χ3v) is 8.25. The minimum absolute atomic E-state index is 0.119.